The molecule has 0 unspecified atom stereocenters. The zero-order chi connectivity index (χ0) is 12.0. The molecule has 0 atom stereocenters. The van der Waals surface area contributed by atoms with Crippen LogP contribution in [0.15, 0.2) is 24.3 Å². The first kappa shape index (κ1) is 13.1. The molecule has 88 valence electrons. The molecular formula is C13H20N2S. The fourth-order valence-electron chi connectivity index (χ4n) is 1.64. The van der Waals surface area contributed by atoms with Gasteiger partial charge in [-0.15, -0.1) is 0 Å². The highest BCUT2D eigenvalue weighted by molar-refractivity contribution is 7.80. The maximum Gasteiger partial charge on any atom is 0.0870 e. The highest BCUT2D eigenvalue weighted by Crippen LogP contribution is 2.07. The van der Waals surface area contributed by atoms with E-state index in [2.05, 4.69) is 43.0 Å². The predicted octanol–water partition coefficient (Wildman–Crippen LogP) is 2.36. The van der Waals surface area contributed by atoms with E-state index in [1.807, 2.05) is 0 Å². The van der Waals surface area contributed by atoms with Crippen LogP contribution in [0.2, 0.25) is 0 Å². The van der Waals surface area contributed by atoms with Crippen molar-refractivity contribution in [3.8, 4) is 0 Å². The summed E-state index contributed by atoms with van der Waals surface area (Å²) in [5.41, 5.74) is 8.25. The number of aryl methyl sites for hydroxylation is 1. The first-order chi connectivity index (χ1) is 7.65. The van der Waals surface area contributed by atoms with Gasteiger partial charge in [0.25, 0.3) is 0 Å². The van der Waals surface area contributed by atoms with Gasteiger partial charge in [0.15, 0.2) is 0 Å². The molecule has 0 saturated carbocycles. The molecule has 0 aliphatic rings. The van der Waals surface area contributed by atoms with Crippen LogP contribution in [0.1, 0.15) is 25.0 Å². The van der Waals surface area contributed by atoms with Crippen LogP contribution in [0.4, 0.5) is 0 Å². The zero-order valence-corrected chi connectivity index (χ0v) is 10.9. The normalized spacial score (nSPS) is 10.7. The molecule has 0 saturated heterocycles. The van der Waals surface area contributed by atoms with Crippen molar-refractivity contribution in [1.29, 1.82) is 0 Å². The Bertz CT molecular complexity index is 332. The molecule has 0 spiro atoms. The number of hydrogen-bond acceptors (Lipinski definition) is 2. The first-order valence-electron chi connectivity index (χ1n) is 5.74. The van der Waals surface area contributed by atoms with E-state index in [1.54, 1.807) is 0 Å². The standard InChI is InChI=1S/C13H20N2S/c1-3-11-5-7-12(8-6-11)9-15(4-2)10-13(14)16/h5-8H,3-4,9-10H2,1-2H3,(H2,14,16). The Morgan fingerprint density at radius 2 is 1.75 bits per heavy atom. The van der Waals surface area contributed by atoms with Gasteiger partial charge in [-0.25, -0.2) is 0 Å². The molecule has 0 amide bonds. The van der Waals surface area contributed by atoms with Crippen LogP contribution < -0.4 is 5.73 Å². The van der Waals surface area contributed by atoms with E-state index in [9.17, 15) is 0 Å². The van der Waals surface area contributed by atoms with Crippen molar-refractivity contribution >= 4 is 17.2 Å². The molecule has 0 aliphatic heterocycles. The van der Waals surface area contributed by atoms with Gasteiger partial charge in [-0.05, 0) is 24.1 Å². The third kappa shape index (κ3) is 4.29. The number of likely N-dealkylation sites (N-methyl/N-ethyl adjacent to an activating group) is 1. The summed E-state index contributed by atoms with van der Waals surface area (Å²) in [4.78, 5) is 2.80. The van der Waals surface area contributed by atoms with Crippen LogP contribution in [-0.4, -0.2) is 23.0 Å². The minimum absolute atomic E-state index is 0.562. The molecule has 2 nitrogen and oxygen atoms in total. The van der Waals surface area contributed by atoms with Crippen molar-refractivity contribution in [2.24, 2.45) is 5.73 Å². The highest BCUT2D eigenvalue weighted by Gasteiger charge is 2.04. The van der Waals surface area contributed by atoms with E-state index in [-0.39, 0.29) is 0 Å². The second kappa shape index (κ2) is 6.61. The largest absolute Gasteiger partial charge is 0.392 e. The summed E-state index contributed by atoms with van der Waals surface area (Å²) in [6, 6.07) is 8.73. The number of thiocarbonyl (C=S) groups is 1. The van der Waals surface area contributed by atoms with Crippen LogP contribution in [-0.2, 0) is 13.0 Å². The van der Waals surface area contributed by atoms with E-state index in [4.69, 9.17) is 18.0 Å². The number of nitrogens with zero attached hydrogens (tertiary/aromatic N) is 1. The summed E-state index contributed by atoms with van der Waals surface area (Å²) >= 11 is 4.93. The average Bonchev–Trinajstić information content (AvgIpc) is 2.28. The Morgan fingerprint density at radius 1 is 1.19 bits per heavy atom. The van der Waals surface area contributed by atoms with Crippen LogP contribution in [0.3, 0.4) is 0 Å². The number of benzene rings is 1. The van der Waals surface area contributed by atoms with Crippen LogP contribution >= 0.6 is 12.2 Å². The van der Waals surface area contributed by atoms with Crippen LogP contribution in [0, 0.1) is 0 Å². The van der Waals surface area contributed by atoms with Crippen molar-refractivity contribution in [1.82, 2.24) is 4.90 Å². The van der Waals surface area contributed by atoms with Gasteiger partial charge in [0, 0.05) is 13.1 Å². The van der Waals surface area contributed by atoms with Crippen molar-refractivity contribution in [3.63, 3.8) is 0 Å². The van der Waals surface area contributed by atoms with Crippen molar-refractivity contribution in [3.05, 3.63) is 35.4 Å². The highest BCUT2D eigenvalue weighted by atomic mass is 32.1. The molecule has 0 bridgehead atoms. The topological polar surface area (TPSA) is 29.3 Å². The van der Waals surface area contributed by atoms with Crippen molar-refractivity contribution in [2.75, 3.05) is 13.1 Å². The maximum atomic E-state index is 5.56. The molecule has 1 rings (SSSR count). The van der Waals surface area contributed by atoms with Gasteiger partial charge in [-0.1, -0.05) is 50.3 Å². The Labute approximate surface area is 103 Å². The van der Waals surface area contributed by atoms with Crippen molar-refractivity contribution < 1.29 is 0 Å². The molecule has 3 heteroatoms. The Morgan fingerprint density at radius 3 is 2.19 bits per heavy atom. The predicted molar refractivity (Wildman–Crippen MR) is 73.6 cm³/mol. The second-order valence-electron chi connectivity index (χ2n) is 3.94. The second-order valence-corrected chi connectivity index (χ2v) is 4.46. The van der Waals surface area contributed by atoms with Crippen LogP contribution in [0.5, 0.6) is 0 Å². The fourth-order valence-corrected chi connectivity index (χ4v) is 1.82. The van der Waals surface area contributed by atoms with Crippen LogP contribution in [0.25, 0.3) is 0 Å². The SMILES string of the molecule is CCc1ccc(CN(CC)CC(N)=S)cc1. The summed E-state index contributed by atoms with van der Waals surface area (Å²) in [6.07, 6.45) is 1.09. The van der Waals surface area contributed by atoms with Gasteiger partial charge in [0.1, 0.15) is 0 Å². The minimum atomic E-state index is 0.562. The Kier molecular flexibility index (Phi) is 5.43. The number of hydrogen-bond donors (Lipinski definition) is 1. The summed E-state index contributed by atoms with van der Waals surface area (Å²) < 4.78 is 0. The number of nitrogens with two attached hydrogens (primary N) is 1. The summed E-state index contributed by atoms with van der Waals surface area (Å²) in [7, 11) is 0. The fraction of sp³-hybridized carbons (Fsp3) is 0.462. The lowest BCUT2D eigenvalue weighted by Crippen LogP contribution is -2.32. The van der Waals surface area contributed by atoms with E-state index in [1.165, 1.54) is 11.1 Å². The van der Waals surface area contributed by atoms with Gasteiger partial charge in [0.2, 0.25) is 0 Å². The molecule has 0 heterocycles. The molecule has 0 aromatic heterocycles. The van der Waals surface area contributed by atoms with Gasteiger partial charge in [-0.3, -0.25) is 4.90 Å². The van der Waals surface area contributed by atoms with E-state index < -0.39 is 0 Å². The van der Waals surface area contributed by atoms with Gasteiger partial charge in [-0.2, -0.15) is 0 Å². The lowest BCUT2D eigenvalue weighted by molar-refractivity contribution is 0.321. The summed E-state index contributed by atoms with van der Waals surface area (Å²) in [6.45, 7) is 6.87. The van der Waals surface area contributed by atoms with E-state index >= 15 is 0 Å². The molecule has 16 heavy (non-hydrogen) atoms. The summed E-state index contributed by atoms with van der Waals surface area (Å²) in [5.74, 6) is 0. The molecule has 0 aliphatic carbocycles. The van der Waals surface area contributed by atoms with Crippen molar-refractivity contribution in [2.45, 2.75) is 26.8 Å². The minimum Gasteiger partial charge on any atom is -0.392 e. The molecule has 0 radical (unpaired) electrons. The van der Waals surface area contributed by atoms with Gasteiger partial charge < -0.3 is 5.73 Å². The zero-order valence-electron chi connectivity index (χ0n) is 10.1. The lowest BCUT2D eigenvalue weighted by atomic mass is 10.1. The third-order valence-corrected chi connectivity index (χ3v) is 2.79. The smallest absolute Gasteiger partial charge is 0.0870 e. The molecule has 0 fully saturated rings. The monoisotopic (exact) mass is 236 g/mol. The molecule has 1 aromatic rings. The Hall–Kier alpha value is -0.930. The van der Waals surface area contributed by atoms with E-state index in [0.29, 0.717) is 11.5 Å². The average molecular weight is 236 g/mol. The maximum absolute atomic E-state index is 5.56. The summed E-state index contributed by atoms with van der Waals surface area (Å²) in [5, 5.41) is 0. The van der Waals surface area contributed by atoms with E-state index in [0.717, 1.165) is 19.5 Å². The number of rotatable bonds is 6. The lowest BCUT2D eigenvalue weighted by Gasteiger charge is -2.19. The molecular weight excluding hydrogens is 216 g/mol. The third-order valence-electron chi connectivity index (χ3n) is 2.66. The quantitative estimate of drug-likeness (QED) is 0.769. The molecule has 2 N–H and O–H groups in total. The molecule has 1 aromatic carbocycles. The Balaban J connectivity index is 2.59. The first-order valence-corrected chi connectivity index (χ1v) is 6.15. The van der Waals surface area contributed by atoms with Gasteiger partial charge >= 0.3 is 0 Å². The van der Waals surface area contributed by atoms with Gasteiger partial charge in [0.05, 0.1) is 4.99 Å².